The number of fused-ring (bicyclic) bond motifs is 4. The van der Waals surface area contributed by atoms with Gasteiger partial charge in [0, 0.05) is 25.3 Å². The van der Waals surface area contributed by atoms with Gasteiger partial charge in [-0.05, 0) is 55.5 Å². The lowest BCUT2D eigenvalue weighted by Crippen LogP contribution is -2.50. The van der Waals surface area contributed by atoms with Crippen LogP contribution < -0.4 is 14.8 Å². The van der Waals surface area contributed by atoms with Crippen LogP contribution in [0.15, 0.2) is 36.4 Å². The maximum atomic E-state index is 13.6. The Morgan fingerprint density at radius 2 is 1.85 bits per heavy atom. The van der Waals surface area contributed by atoms with E-state index < -0.39 is 5.92 Å². The fourth-order valence-electron chi connectivity index (χ4n) is 4.85. The zero-order valence-corrected chi connectivity index (χ0v) is 19.7. The Hall–Kier alpha value is -3.06. The summed E-state index contributed by atoms with van der Waals surface area (Å²) in [7, 11) is 3.10. The molecule has 0 saturated carbocycles. The molecular weight excluding hydrogens is 420 g/mol. The fraction of sp³-hybridized carbons (Fsp3) is 0.462. The normalized spacial score (nSPS) is 18.9. The molecule has 2 aromatic carbocycles. The van der Waals surface area contributed by atoms with E-state index in [9.17, 15) is 9.59 Å². The Morgan fingerprint density at radius 3 is 2.58 bits per heavy atom. The highest BCUT2D eigenvalue weighted by Gasteiger charge is 2.46. The summed E-state index contributed by atoms with van der Waals surface area (Å²) in [5, 5.41) is 3.08. The van der Waals surface area contributed by atoms with Crippen molar-refractivity contribution in [1.82, 2.24) is 10.2 Å². The van der Waals surface area contributed by atoms with Gasteiger partial charge in [0.15, 0.2) is 11.5 Å². The Morgan fingerprint density at radius 1 is 1.12 bits per heavy atom. The van der Waals surface area contributed by atoms with Crippen molar-refractivity contribution in [1.29, 1.82) is 0 Å². The number of ether oxygens (including phenoxy) is 3. The molecule has 176 valence electrons. The molecule has 0 spiro atoms. The van der Waals surface area contributed by atoms with Gasteiger partial charge in [0.2, 0.25) is 5.91 Å². The standard InChI is InChI=1S/C26H32N2O5/c1-16(2)33-13-7-11-27-25(29)23-19-14-21(31-3)22(32-4)15-20(19)26(30)28-12-10-17-8-5-6-9-18(17)24(23)28/h5-6,8-9,14-16,23-24H,7,10-13H2,1-4H3,(H,27,29). The Bertz CT molecular complexity index is 1040. The first-order valence-electron chi connectivity index (χ1n) is 11.5. The van der Waals surface area contributed by atoms with E-state index >= 15 is 0 Å². The minimum absolute atomic E-state index is 0.0835. The van der Waals surface area contributed by atoms with Gasteiger partial charge in [0.25, 0.3) is 5.91 Å². The van der Waals surface area contributed by atoms with E-state index in [1.165, 1.54) is 5.56 Å². The van der Waals surface area contributed by atoms with E-state index in [2.05, 4.69) is 11.4 Å². The fourth-order valence-corrected chi connectivity index (χ4v) is 4.85. The van der Waals surface area contributed by atoms with Gasteiger partial charge in [-0.25, -0.2) is 0 Å². The predicted molar refractivity (Wildman–Crippen MR) is 125 cm³/mol. The van der Waals surface area contributed by atoms with E-state index in [1.807, 2.05) is 36.9 Å². The van der Waals surface area contributed by atoms with Gasteiger partial charge in [-0.3, -0.25) is 9.59 Å². The Labute approximate surface area is 195 Å². The smallest absolute Gasteiger partial charge is 0.254 e. The molecule has 2 aliphatic heterocycles. The zero-order valence-electron chi connectivity index (χ0n) is 19.7. The maximum Gasteiger partial charge on any atom is 0.254 e. The third-order valence-corrected chi connectivity index (χ3v) is 6.38. The highest BCUT2D eigenvalue weighted by atomic mass is 16.5. The molecule has 0 bridgehead atoms. The number of nitrogens with zero attached hydrogens (tertiary/aromatic N) is 1. The number of hydrogen-bond acceptors (Lipinski definition) is 5. The zero-order chi connectivity index (χ0) is 23.5. The van der Waals surface area contributed by atoms with Crippen LogP contribution in [0, 0.1) is 0 Å². The van der Waals surface area contributed by atoms with Gasteiger partial charge in [-0.1, -0.05) is 24.3 Å². The number of methoxy groups -OCH3 is 2. The van der Waals surface area contributed by atoms with Gasteiger partial charge in [0.1, 0.15) is 0 Å². The van der Waals surface area contributed by atoms with E-state index in [4.69, 9.17) is 14.2 Å². The number of nitrogens with one attached hydrogen (secondary N) is 1. The van der Waals surface area contributed by atoms with Gasteiger partial charge in [-0.15, -0.1) is 0 Å². The number of carbonyl (C=O) groups excluding carboxylic acids is 2. The van der Waals surface area contributed by atoms with E-state index in [0.717, 1.165) is 18.4 Å². The van der Waals surface area contributed by atoms with E-state index in [1.54, 1.807) is 26.4 Å². The summed E-state index contributed by atoms with van der Waals surface area (Å²) in [6.07, 6.45) is 1.65. The third-order valence-electron chi connectivity index (χ3n) is 6.38. The van der Waals surface area contributed by atoms with Crippen LogP contribution in [0.3, 0.4) is 0 Å². The van der Waals surface area contributed by atoms with Crippen LogP contribution in [0.25, 0.3) is 0 Å². The van der Waals surface area contributed by atoms with Crippen molar-refractivity contribution in [2.45, 2.75) is 44.8 Å². The molecule has 0 fully saturated rings. The molecule has 4 rings (SSSR count). The lowest BCUT2D eigenvalue weighted by Gasteiger charge is -2.45. The molecule has 2 heterocycles. The number of hydrogen-bond donors (Lipinski definition) is 1. The van der Waals surface area contributed by atoms with Crippen molar-refractivity contribution < 1.29 is 23.8 Å². The largest absolute Gasteiger partial charge is 0.493 e. The summed E-state index contributed by atoms with van der Waals surface area (Å²) in [4.78, 5) is 29.0. The lowest BCUT2D eigenvalue weighted by atomic mass is 9.75. The van der Waals surface area contributed by atoms with Crippen molar-refractivity contribution >= 4 is 11.8 Å². The SMILES string of the molecule is COc1cc2c(cc1OC)C(C(=O)NCCCOC(C)C)C1c3ccccc3CCN1C2=O. The van der Waals surface area contributed by atoms with Gasteiger partial charge >= 0.3 is 0 Å². The van der Waals surface area contributed by atoms with Gasteiger partial charge < -0.3 is 24.4 Å². The summed E-state index contributed by atoms with van der Waals surface area (Å²) in [6.45, 7) is 5.64. The Kier molecular flexibility index (Phi) is 6.88. The van der Waals surface area contributed by atoms with Crippen molar-refractivity contribution in [3.8, 4) is 11.5 Å². The van der Waals surface area contributed by atoms with Gasteiger partial charge in [0.05, 0.1) is 32.3 Å². The first-order chi connectivity index (χ1) is 16.0. The number of benzene rings is 2. The molecule has 2 atom stereocenters. The van der Waals surface area contributed by atoms with Crippen LogP contribution in [0.4, 0.5) is 0 Å². The van der Waals surface area contributed by atoms with Crippen LogP contribution in [0.1, 0.15) is 59.3 Å². The molecule has 0 saturated heterocycles. The molecule has 1 N–H and O–H groups in total. The highest BCUT2D eigenvalue weighted by Crippen LogP contribution is 2.48. The van der Waals surface area contributed by atoms with Crippen molar-refractivity contribution in [2.75, 3.05) is 33.9 Å². The van der Waals surface area contributed by atoms with Crippen LogP contribution in [0.5, 0.6) is 11.5 Å². The summed E-state index contributed by atoms with van der Waals surface area (Å²) in [5.74, 6) is 0.243. The molecule has 0 radical (unpaired) electrons. The molecule has 0 aromatic heterocycles. The van der Waals surface area contributed by atoms with E-state index in [-0.39, 0.29) is 24.0 Å². The van der Waals surface area contributed by atoms with Crippen molar-refractivity contribution in [3.63, 3.8) is 0 Å². The monoisotopic (exact) mass is 452 g/mol. The third kappa shape index (κ3) is 4.42. The molecule has 2 aliphatic rings. The van der Waals surface area contributed by atoms with Crippen LogP contribution in [-0.4, -0.2) is 56.7 Å². The molecule has 33 heavy (non-hydrogen) atoms. The van der Waals surface area contributed by atoms with Crippen LogP contribution in [-0.2, 0) is 16.0 Å². The molecule has 2 amide bonds. The van der Waals surface area contributed by atoms with Crippen LogP contribution >= 0.6 is 0 Å². The highest BCUT2D eigenvalue weighted by molar-refractivity contribution is 6.02. The first kappa shape index (κ1) is 23.1. The maximum absolute atomic E-state index is 13.6. The molecular formula is C26H32N2O5. The first-order valence-corrected chi connectivity index (χ1v) is 11.5. The topological polar surface area (TPSA) is 77.1 Å². The minimum atomic E-state index is -0.551. The quantitative estimate of drug-likeness (QED) is 0.621. The number of amides is 2. The lowest BCUT2D eigenvalue weighted by molar-refractivity contribution is -0.124. The van der Waals surface area contributed by atoms with Crippen LogP contribution in [0.2, 0.25) is 0 Å². The second kappa shape index (κ2) is 9.83. The molecule has 2 unspecified atom stereocenters. The summed E-state index contributed by atoms with van der Waals surface area (Å²) >= 11 is 0. The molecule has 2 aromatic rings. The average Bonchev–Trinajstić information content (AvgIpc) is 2.82. The average molecular weight is 453 g/mol. The van der Waals surface area contributed by atoms with Crippen molar-refractivity contribution in [2.24, 2.45) is 0 Å². The second-order valence-corrected chi connectivity index (χ2v) is 8.73. The Balaban J connectivity index is 1.73. The summed E-state index contributed by atoms with van der Waals surface area (Å²) in [5.41, 5.74) is 3.37. The minimum Gasteiger partial charge on any atom is -0.493 e. The molecule has 7 nitrogen and oxygen atoms in total. The number of rotatable bonds is 8. The van der Waals surface area contributed by atoms with Crippen molar-refractivity contribution in [3.05, 3.63) is 58.7 Å². The second-order valence-electron chi connectivity index (χ2n) is 8.73. The number of carbonyl (C=O) groups is 2. The summed E-state index contributed by atoms with van der Waals surface area (Å²) < 4.78 is 16.5. The molecule has 7 heteroatoms. The molecule has 0 aliphatic carbocycles. The summed E-state index contributed by atoms with van der Waals surface area (Å²) in [6, 6.07) is 11.2. The van der Waals surface area contributed by atoms with E-state index in [0.29, 0.717) is 42.3 Å². The predicted octanol–water partition coefficient (Wildman–Crippen LogP) is 3.47. The van der Waals surface area contributed by atoms with Gasteiger partial charge in [-0.2, -0.15) is 0 Å².